The lowest BCUT2D eigenvalue weighted by Crippen LogP contribution is -2.27. The molecule has 1 aromatic rings. The SMILES string of the molecule is CC(=O)n1oc2c(c1=O)CCNC2. The summed E-state index contributed by atoms with van der Waals surface area (Å²) in [5, 5.41) is 3.06. The lowest BCUT2D eigenvalue weighted by atomic mass is 10.1. The third kappa shape index (κ3) is 1.21. The molecule has 0 aliphatic carbocycles. The summed E-state index contributed by atoms with van der Waals surface area (Å²) < 4.78 is 5.91. The molecule has 1 N–H and O–H groups in total. The van der Waals surface area contributed by atoms with Crippen LogP contribution >= 0.6 is 0 Å². The molecule has 0 unspecified atom stereocenters. The van der Waals surface area contributed by atoms with Crippen LogP contribution in [0.15, 0.2) is 9.32 Å². The Balaban J connectivity index is 2.57. The molecule has 0 aromatic carbocycles. The number of aromatic nitrogens is 1. The first-order valence-corrected chi connectivity index (χ1v) is 4.16. The van der Waals surface area contributed by atoms with Gasteiger partial charge in [-0.2, -0.15) is 0 Å². The predicted molar refractivity (Wildman–Crippen MR) is 44.7 cm³/mol. The molecule has 0 atom stereocenters. The number of carbonyl (C=O) groups excluding carboxylic acids is 1. The lowest BCUT2D eigenvalue weighted by molar-refractivity contribution is 0.0803. The Kier molecular flexibility index (Phi) is 1.81. The summed E-state index contributed by atoms with van der Waals surface area (Å²) in [5.41, 5.74) is 0.331. The van der Waals surface area contributed by atoms with Crippen LogP contribution in [0, 0.1) is 0 Å². The summed E-state index contributed by atoms with van der Waals surface area (Å²) >= 11 is 0. The second kappa shape index (κ2) is 2.85. The van der Waals surface area contributed by atoms with Crippen LogP contribution in [0.5, 0.6) is 0 Å². The zero-order chi connectivity index (χ0) is 9.42. The molecular formula is C8H10N2O3. The number of hydrogen-bond acceptors (Lipinski definition) is 4. The molecule has 13 heavy (non-hydrogen) atoms. The van der Waals surface area contributed by atoms with Crippen molar-refractivity contribution in [3.63, 3.8) is 0 Å². The Morgan fingerprint density at radius 1 is 1.62 bits per heavy atom. The Bertz CT molecular complexity index is 402. The van der Waals surface area contributed by atoms with E-state index in [0.717, 1.165) is 11.3 Å². The van der Waals surface area contributed by atoms with Crippen LogP contribution < -0.4 is 10.9 Å². The maximum Gasteiger partial charge on any atom is 0.293 e. The average Bonchev–Trinajstić information content (AvgIpc) is 2.45. The van der Waals surface area contributed by atoms with E-state index < -0.39 is 0 Å². The van der Waals surface area contributed by atoms with Gasteiger partial charge in [0.05, 0.1) is 12.1 Å². The normalized spacial score (nSPS) is 15.5. The van der Waals surface area contributed by atoms with Gasteiger partial charge in [-0.3, -0.25) is 9.59 Å². The van der Waals surface area contributed by atoms with E-state index in [0.29, 0.717) is 24.3 Å². The van der Waals surface area contributed by atoms with E-state index in [4.69, 9.17) is 4.52 Å². The van der Waals surface area contributed by atoms with Crippen LogP contribution in [0.3, 0.4) is 0 Å². The van der Waals surface area contributed by atoms with Gasteiger partial charge in [-0.05, 0) is 13.0 Å². The fourth-order valence-electron chi connectivity index (χ4n) is 1.46. The molecule has 70 valence electrons. The lowest BCUT2D eigenvalue weighted by Gasteiger charge is -2.07. The van der Waals surface area contributed by atoms with Crippen molar-refractivity contribution in [1.82, 2.24) is 10.1 Å². The molecule has 0 fully saturated rings. The van der Waals surface area contributed by atoms with E-state index in [2.05, 4.69) is 5.32 Å². The number of nitrogens with one attached hydrogen (secondary N) is 1. The van der Waals surface area contributed by atoms with Crippen molar-refractivity contribution in [2.24, 2.45) is 0 Å². The summed E-state index contributed by atoms with van der Waals surface area (Å²) in [7, 11) is 0. The first-order valence-electron chi connectivity index (χ1n) is 4.16. The van der Waals surface area contributed by atoms with Crippen LogP contribution in [0.1, 0.15) is 23.0 Å². The van der Waals surface area contributed by atoms with E-state index in [1.165, 1.54) is 6.92 Å². The Morgan fingerprint density at radius 2 is 2.38 bits per heavy atom. The summed E-state index contributed by atoms with van der Waals surface area (Å²) in [6.45, 7) is 2.61. The minimum absolute atomic E-state index is 0.302. The van der Waals surface area contributed by atoms with Gasteiger partial charge in [0.1, 0.15) is 0 Å². The number of fused-ring (bicyclic) bond motifs is 1. The third-order valence-corrected chi connectivity index (χ3v) is 2.10. The third-order valence-electron chi connectivity index (χ3n) is 2.10. The van der Waals surface area contributed by atoms with Crippen molar-refractivity contribution in [3.8, 4) is 0 Å². The van der Waals surface area contributed by atoms with Gasteiger partial charge >= 0.3 is 0 Å². The first-order chi connectivity index (χ1) is 6.20. The van der Waals surface area contributed by atoms with E-state index in [-0.39, 0.29) is 11.5 Å². The number of rotatable bonds is 0. The van der Waals surface area contributed by atoms with Gasteiger partial charge in [-0.25, -0.2) is 0 Å². The highest BCUT2D eigenvalue weighted by Crippen LogP contribution is 2.09. The van der Waals surface area contributed by atoms with Crippen molar-refractivity contribution < 1.29 is 9.32 Å². The van der Waals surface area contributed by atoms with Gasteiger partial charge in [0, 0.05) is 6.92 Å². The fourth-order valence-corrected chi connectivity index (χ4v) is 1.46. The van der Waals surface area contributed by atoms with Crippen LogP contribution in [0.4, 0.5) is 0 Å². The highest BCUT2D eigenvalue weighted by Gasteiger charge is 2.21. The van der Waals surface area contributed by atoms with Crippen molar-refractivity contribution in [2.75, 3.05) is 6.54 Å². The summed E-state index contributed by atoms with van der Waals surface area (Å²) in [6.07, 6.45) is 0.637. The van der Waals surface area contributed by atoms with Gasteiger partial charge in [0.15, 0.2) is 5.76 Å². The predicted octanol–water partition coefficient (Wildman–Crippen LogP) is -0.253. The van der Waals surface area contributed by atoms with Gasteiger partial charge in [-0.15, -0.1) is 4.74 Å². The van der Waals surface area contributed by atoms with Crippen LogP contribution in [-0.2, 0) is 13.0 Å². The minimum Gasteiger partial charge on any atom is -0.371 e. The highest BCUT2D eigenvalue weighted by molar-refractivity contribution is 5.74. The largest absolute Gasteiger partial charge is 0.371 e. The molecule has 0 spiro atoms. The molecular weight excluding hydrogens is 172 g/mol. The van der Waals surface area contributed by atoms with Crippen molar-refractivity contribution in [2.45, 2.75) is 19.9 Å². The number of nitrogens with zero attached hydrogens (tertiary/aromatic N) is 1. The zero-order valence-corrected chi connectivity index (χ0v) is 7.29. The first kappa shape index (κ1) is 8.25. The second-order valence-electron chi connectivity index (χ2n) is 3.04. The van der Waals surface area contributed by atoms with Crippen molar-refractivity contribution in [1.29, 1.82) is 0 Å². The van der Waals surface area contributed by atoms with Crippen molar-refractivity contribution in [3.05, 3.63) is 21.7 Å². The van der Waals surface area contributed by atoms with Crippen LogP contribution in [0.2, 0.25) is 0 Å². The highest BCUT2D eigenvalue weighted by atomic mass is 16.5. The molecule has 1 aromatic heterocycles. The Hall–Kier alpha value is -1.36. The maximum atomic E-state index is 11.5. The minimum atomic E-state index is -0.376. The summed E-state index contributed by atoms with van der Waals surface area (Å²) in [4.78, 5) is 22.4. The van der Waals surface area contributed by atoms with E-state index >= 15 is 0 Å². The molecule has 0 bridgehead atoms. The van der Waals surface area contributed by atoms with Crippen molar-refractivity contribution >= 4 is 5.91 Å². The maximum absolute atomic E-state index is 11.5. The van der Waals surface area contributed by atoms with Gasteiger partial charge in [-0.1, -0.05) is 0 Å². The van der Waals surface area contributed by atoms with E-state index in [1.807, 2.05) is 0 Å². The Morgan fingerprint density at radius 3 is 3.00 bits per heavy atom. The zero-order valence-electron chi connectivity index (χ0n) is 7.29. The summed E-state index contributed by atoms with van der Waals surface area (Å²) in [5.74, 6) is 0.214. The van der Waals surface area contributed by atoms with E-state index in [1.54, 1.807) is 0 Å². The second-order valence-corrected chi connectivity index (χ2v) is 3.04. The van der Waals surface area contributed by atoms with Gasteiger partial charge in [0.2, 0.25) is 0 Å². The number of hydrogen-bond donors (Lipinski definition) is 1. The van der Waals surface area contributed by atoms with E-state index in [9.17, 15) is 9.59 Å². The molecule has 1 aliphatic heterocycles. The molecule has 0 saturated carbocycles. The topological polar surface area (TPSA) is 64.2 Å². The quantitative estimate of drug-likeness (QED) is 0.600. The Labute approximate surface area is 74.3 Å². The smallest absolute Gasteiger partial charge is 0.293 e. The van der Waals surface area contributed by atoms with Crippen LogP contribution in [-0.4, -0.2) is 17.2 Å². The van der Waals surface area contributed by atoms with Gasteiger partial charge < -0.3 is 9.84 Å². The molecule has 5 heteroatoms. The fraction of sp³-hybridized carbons (Fsp3) is 0.500. The number of carbonyl (C=O) groups is 1. The molecule has 0 radical (unpaired) electrons. The molecule has 5 nitrogen and oxygen atoms in total. The molecule has 1 aliphatic rings. The molecule has 2 rings (SSSR count). The van der Waals surface area contributed by atoms with Crippen LogP contribution in [0.25, 0.3) is 0 Å². The summed E-state index contributed by atoms with van der Waals surface area (Å²) in [6, 6.07) is 0. The molecule has 0 amide bonds. The molecule has 2 heterocycles. The average molecular weight is 182 g/mol. The molecule has 0 saturated heterocycles. The van der Waals surface area contributed by atoms with Gasteiger partial charge in [0.25, 0.3) is 11.5 Å². The standard InChI is InChI=1S/C8H10N2O3/c1-5(11)10-8(12)6-2-3-9-4-7(6)13-10/h9H,2-4H2,1H3. The monoisotopic (exact) mass is 182 g/mol.